The molecule has 6 heteroatoms. The highest BCUT2D eigenvalue weighted by molar-refractivity contribution is 5.95. The third-order valence-corrected chi connectivity index (χ3v) is 5.38. The zero-order valence-electron chi connectivity index (χ0n) is 16.6. The van der Waals surface area contributed by atoms with Crippen molar-refractivity contribution in [3.8, 4) is 11.3 Å². The zero-order chi connectivity index (χ0) is 20.1. The van der Waals surface area contributed by atoms with Crippen molar-refractivity contribution in [3.63, 3.8) is 0 Å². The fraction of sp³-hybridized carbons (Fsp3) is 0.455. The molecule has 150 valence electrons. The standard InChI is InChI=1S/C22H28N2O4/c1-3-23(4-2)22(27)20-13-12-19(28-20)16-8-10-17(11-9-16)21(26)24-14-6-5-7-18(24)15-25/h8-13,18,25H,3-7,14-15H2,1-2H3/t18-/m1/s1. The van der Waals surface area contributed by atoms with Crippen LogP contribution in [0, 0.1) is 0 Å². The first-order valence-corrected chi connectivity index (χ1v) is 10.00. The van der Waals surface area contributed by atoms with Gasteiger partial charge in [-0.25, -0.2) is 0 Å². The number of hydrogen-bond donors (Lipinski definition) is 1. The van der Waals surface area contributed by atoms with Crippen molar-refractivity contribution >= 4 is 11.8 Å². The Labute approximate surface area is 165 Å². The number of likely N-dealkylation sites (tertiary alicyclic amines) is 1. The lowest BCUT2D eigenvalue weighted by atomic mass is 10.0. The summed E-state index contributed by atoms with van der Waals surface area (Å²) in [6.45, 7) is 5.82. The molecule has 0 radical (unpaired) electrons. The summed E-state index contributed by atoms with van der Waals surface area (Å²) in [5, 5.41) is 9.53. The Kier molecular flexibility index (Phi) is 6.52. The normalized spacial score (nSPS) is 16.8. The van der Waals surface area contributed by atoms with Crippen LogP contribution in [0.5, 0.6) is 0 Å². The average molecular weight is 384 g/mol. The SMILES string of the molecule is CCN(CC)C(=O)c1ccc(-c2ccc(C(=O)N3CCCC[C@@H]3CO)cc2)o1. The molecule has 0 spiro atoms. The van der Waals surface area contributed by atoms with Gasteiger partial charge in [0.05, 0.1) is 12.6 Å². The molecule has 0 saturated carbocycles. The molecule has 1 aliphatic heterocycles. The van der Waals surface area contributed by atoms with E-state index in [2.05, 4.69) is 0 Å². The van der Waals surface area contributed by atoms with Crippen LogP contribution in [0.25, 0.3) is 11.3 Å². The van der Waals surface area contributed by atoms with E-state index in [9.17, 15) is 14.7 Å². The van der Waals surface area contributed by atoms with Crippen LogP contribution in [-0.4, -0.2) is 59.0 Å². The Morgan fingerprint density at radius 2 is 1.82 bits per heavy atom. The Bertz CT molecular complexity index is 808. The average Bonchev–Trinajstić information content (AvgIpc) is 3.24. The summed E-state index contributed by atoms with van der Waals surface area (Å²) >= 11 is 0. The summed E-state index contributed by atoms with van der Waals surface area (Å²) in [7, 11) is 0. The van der Waals surface area contributed by atoms with Gasteiger partial charge in [0.1, 0.15) is 5.76 Å². The van der Waals surface area contributed by atoms with Crippen molar-refractivity contribution in [1.29, 1.82) is 0 Å². The van der Waals surface area contributed by atoms with E-state index in [4.69, 9.17) is 4.42 Å². The number of carbonyl (C=O) groups excluding carboxylic acids is 2. The van der Waals surface area contributed by atoms with Crippen LogP contribution < -0.4 is 0 Å². The Balaban J connectivity index is 1.74. The highest BCUT2D eigenvalue weighted by Gasteiger charge is 2.27. The number of carbonyl (C=O) groups is 2. The number of amides is 2. The van der Waals surface area contributed by atoms with Crippen LogP contribution in [0.3, 0.4) is 0 Å². The van der Waals surface area contributed by atoms with Gasteiger partial charge in [-0.3, -0.25) is 9.59 Å². The van der Waals surface area contributed by atoms with E-state index in [0.717, 1.165) is 24.8 Å². The quantitative estimate of drug-likeness (QED) is 0.828. The lowest BCUT2D eigenvalue weighted by Crippen LogP contribution is -2.45. The molecule has 1 N–H and O–H groups in total. The molecule has 2 heterocycles. The molecule has 0 bridgehead atoms. The Morgan fingerprint density at radius 1 is 1.11 bits per heavy atom. The second-order valence-corrected chi connectivity index (χ2v) is 7.05. The second kappa shape index (κ2) is 9.06. The van der Waals surface area contributed by atoms with E-state index >= 15 is 0 Å². The third kappa shape index (κ3) is 4.12. The minimum absolute atomic E-state index is 0.000434. The third-order valence-electron chi connectivity index (χ3n) is 5.38. The summed E-state index contributed by atoms with van der Waals surface area (Å²) in [6.07, 6.45) is 2.85. The van der Waals surface area contributed by atoms with Gasteiger partial charge in [-0.15, -0.1) is 0 Å². The number of benzene rings is 1. The van der Waals surface area contributed by atoms with Crippen LogP contribution in [0.1, 0.15) is 54.0 Å². The molecule has 1 saturated heterocycles. The predicted molar refractivity (Wildman–Crippen MR) is 107 cm³/mol. The van der Waals surface area contributed by atoms with Crippen molar-refractivity contribution in [3.05, 3.63) is 47.7 Å². The highest BCUT2D eigenvalue weighted by Crippen LogP contribution is 2.25. The molecular weight excluding hydrogens is 356 g/mol. The molecule has 0 unspecified atom stereocenters. The van der Waals surface area contributed by atoms with Gasteiger partial charge in [0, 0.05) is 30.8 Å². The molecule has 2 aromatic rings. The lowest BCUT2D eigenvalue weighted by Gasteiger charge is -2.34. The van der Waals surface area contributed by atoms with Crippen molar-refractivity contribution < 1.29 is 19.1 Å². The monoisotopic (exact) mass is 384 g/mol. The fourth-order valence-corrected chi connectivity index (χ4v) is 3.68. The highest BCUT2D eigenvalue weighted by atomic mass is 16.4. The van der Waals surface area contributed by atoms with Crippen molar-refractivity contribution in [2.75, 3.05) is 26.2 Å². The largest absolute Gasteiger partial charge is 0.451 e. The van der Waals surface area contributed by atoms with Gasteiger partial charge in [-0.1, -0.05) is 12.1 Å². The number of aliphatic hydroxyl groups excluding tert-OH is 1. The molecule has 1 aliphatic rings. The topological polar surface area (TPSA) is 74.0 Å². The van der Waals surface area contributed by atoms with Gasteiger partial charge in [0.25, 0.3) is 11.8 Å². The van der Waals surface area contributed by atoms with Crippen LogP contribution in [0.2, 0.25) is 0 Å². The van der Waals surface area contributed by atoms with Crippen molar-refractivity contribution in [2.24, 2.45) is 0 Å². The van der Waals surface area contributed by atoms with Crippen molar-refractivity contribution in [1.82, 2.24) is 9.80 Å². The molecule has 1 aromatic carbocycles. The first kappa shape index (κ1) is 20.1. The number of rotatable bonds is 6. The Hall–Kier alpha value is -2.60. The molecule has 28 heavy (non-hydrogen) atoms. The van der Waals surface area contributed by atoms with Gasteiger partial charge < -0.3 is 19.3 Å². The number of piperidine rings is 1. The first-order valence-electron chi connectivity index (χ1n) is 10.00. The summed E-state index contributed by atoms with van der Waals surface area (Å²) in [4.78, 5) is 28.7. The van der Waals surface area contributed by atoms with E-state index < -0.39 is 0 Å². The number of aliphatic hydroxyl groups is 1. The van der Waals surface area contributed by atoms with Crippen LogP contribution in [-0.2, 0) is 0 Å². The first-order chi connectivity index (χ1) is 13.6. The maximum absolute atomic E-state index is 12.8. The van der Waals surface area contributed by atoms with Crippen LogP contribution in [0.15, 0.2) is 40.8 Å². The predicted octanol–water partition coefficient (Wildman–Crippen LogP) is 3.42. The fourth-order valence-electron chi connectivity index (χ4n) is 3.68. The van der Waals surface area contributed by atoms with Gasteiger partial charge in [0.15, 0.2) is 5.76 Å². The minimum Gasteiger partial charge on any atom is -0.451 e. The Morgan fingerprint density at radius 3 is 2.46 bits per heavy atom. The molecule has 0 aliphatic carbocycles. The molecular formula is C22H28N2O4. The summed E-state index contributed by atoms with van der Waals surface area (Å²) < 4.78 is 5.75. The molecule has 1 fully saturated rings. The van der Waals surface area contributed by atoms with E-state index in [0.29, 0.717) is 36.7 Å². The molecule has 1 atom stereocenters. The maximum Gasteiger partial charge on any atom is 0.289 e. The summed E-state index contributed by atoms with van der Waals surface area (Å²) in [5.41, 5.74) is 1.41. The van der Waals surface area contributed by atoms with E-state index in [1.807, 2.05) is 26.0 Å². The lowest BCUT2D eigenvalue weighted by molar-refractivity contribution is 0.0503. The molecule has 3 rings (SSSR count). The van der Waals surface area contributed by atoms with E-state index in [-0.39, 0.29) is 24.5 Å². The number of hydrogen-bond acceptors (Lipinski definition) is 4. The number of furan rings is 1. The van der Waals surface area contributed by atoms with Gasteiger partial charge in [0.2, 0.25) is 0 Å². The van der Waals surface area contributed by atoms with Crippen LogP contribution >= 0.6 is 0 Å². The van der Waals surface area contributed by atoms with Gasteiger partial charge in [-0.05, 0) is 57.4 Å². The summed E-state index contributed by atoms with van der Waals surface area (Å²) in [5.74, 6) is 0.740. The zero-order valence-corrected chi connectivity index (χ0v) is 16.6. The molecule has 6 nitrogen and oxygen atoms in total. The van der Waals surface area contributed by atoms with Crippen molar-refractivity contribution in [2.45, 2.75) is 39.2 Å². The smallest absolute Gasteiger partial charge is 0.289 e. The molecule has 1 aromatic heterocycles. The van der Waals surface area contributed by atoms with E-state index in [1.54, 1.807) is 34.1 Å². The van der Waals surface area contributed by atoms with E-state index in [1.165, 1.54) is 0 Å². The summed E-state index contributed by atoms with van der Waals surface area (Å²) in [6, 6.07) is 10.6. The second-order valence-electron chi connectivity index (χ2n) is 7.05. The molecule has 2 amide bonds. The maximum atomic E-state index is 12.8. The minimum atomic E-state index is -0.122. The number of nitrogens with zero attached hydrogens (tertiary/aromatic N) is 2. The van der Waals surface area contributed by atoms with Gasteiger partial charge >= 0.3 is 0 Å². The van der Waals surface area contributed by atoms with Gasteiger partial charge in [-0.2, -0.15) is 0 Å². The van der Waals surface area contributed by atoms with Crippen LogP contribution in [0.4, 0.5) is 0 Å².